The smallest absolute Gasteiger partial charge is 0.125 e. The predicted molar refractivity (Wildman–Crippen MR) is 61.0 cm³/mol. The third-order valence-electron chi connectivity index (χ3n) is 2.61. The van der Waals surface area contributed by atoms with Crippen LogP contribution in [0.2, 0.25) is 0 Å². The van der Waals surface area contributed by atoms with Crippen LogP contribution in [0.25, 0.3) is 5.69 Å². The molecule has 0 saturated carbocycles. The van der Waals surface area contributed by atoms with Crippen LogP contribution in [-0.2, 0) is 0 Å². The Balaban J connectivity index is 2.44. The van der Waals surface area contributed by atoms with E-state index in [0.717, 1.165) is 11.4 Å². The summed E-state index contributed by atoms with van der Waals surface area (Å²) in [6, 6.07) is 6.43. The summed E-state index contributed by atoms with van der Waals surface area (Å²) in [5.41, 5.74) is 7.39. The summed E-state index contributed by atoms with van der Waals surface area (Å²) < 4.78 is 15.0. The van der Waals surface area contributed by atoms with Crippen LogP contribution in [0.5, 0.6) is 0 Å². The van der Waals surface area contributed by atoms with Gasteiger partial charge < -0.3 is 10.3 Å². The van der Waals surface area contributed by atoms with E-state index in [9.17, 15) is 4.39 Å². The molecule has 0 aliphatic carbocycles. The molecule has 1 aromatic heterocycles. The maximum atomic E-state index is 13.1. The number of nitrogens with two attached hydrogens (primary N) is 1. The molecule has 0 spiro atoms. The molecule has 3 nitrogen and oxygen atoms in total. The van der Waals surface area contributed by atoms with Crippen molar-refractivity contribution in [3.63, 3.8) is 0 Å². The molecule has 2 aromatic rings. The molecular formula is C12H14FN3. The molecule has 2 rings (SSSR count). The number of hydrogen-bond acceptors (Lipinski definition) is 2. The van der Waals surface area contributed by atoms with Crippen LogP contribution in [-0.4, -0.2) is 16.1 Å². The Morgan fingerprint density at radius 2 is 2.31 bits per heavy atom. The fourth-order valence-electron chi connectivity index (χ4n) is 1.63. The molecule has 2 N–H and O–H groups in total. The van der Waals surface area contributed by atoms with Gasteiger partial charge in [-0.25, -0.2) is 9.37 Å². The van der Waals surface area contributed by atoms with E-state index in [1.165, 1.54) is 12.1 Å². The molecule has 1 unspecified atom stereocenters. The van der Waals surface area contributed by atoms with E-state index in [1.807, 2.05) is 17.6 Å². The van der Waals surface area contributed by atoms with Crippen molar-refractivity contribution in [1.29, 1.82) is 0 Å². The zero-order valence-electron chi connectivity index (χ0n) is 9.10. The van der Waals surface area contributed by atoms with E-state index in [0.29, 0.717) is 6.54 Å². The van der Waals surface area contributed by atoms with E-state index < -0.39 is 0 Å². The van der Waals surface area contributed by atoms with Gasteiger partial charge in [0.25, 0.3) is 0 Å². The first-order chi connectivity index (χ1) is 7.72. The molecule has 1 aromatic carbocycles. The second-order valence-electron chi connectivity index (χ2n) is 3.81. The Labute approximate surface area is 93.7 Å². The normalized spacial score (nSPS) is 12.7. The molecule has 16 heavy (non-hydrogen) atoms. The van der Waals surface area contributed by atoms with Gasteiger partial charge in [0, 0.05) is 30.0 Å². The third-order valence-corrected chi connectivity index (χ3v) is 2.61. The summed E-state index contributed by atoms with van der Waals surface area (Å²) in [5, 5.41) is 0. The number of hydrogen-bond donors (Lipinski definition) is 1. The lowest BCUT2D eigenvalue weighted by molar-refractivity contribution is 0.625. The van der Waals surface area contributed by atoms with Crippen LogP contribution in [0.3, 0.4) is 0 Å². The topological polar surface area (TPSA) is 43.8 Å². The molecular weight excluding hydrogens is 205 g/mol. The van der Waals surface area contributed by atoms with Crippen molar-refractivity contribution < 1.29 is 4.39 Å². The van der Waals surface area contributed by atoms with Crippen LogP contribution < -0.4 is 5.73 Å². The zero-order chi connectivity index (χ0) is 11.5. The third kappa shape index (κ3) is 1.97. The molecule has 1 atom stereocenters. The maximum absolute atomic E-state index is 13.1. The van der Waals surface area contributed by atoms with Crippen LogP contribution in [0, 0.1) is 5.82 Å². The molecule has 0 fully saturated rings. The lowest BCUT2D eigenvalue weighted by Gasteiger charge is -2.12. The first-order valence-corrected chi connectivity index (χ1v) is 5.20. The summed E-state index contributed by atoms with van der Waals surface area (Å²) in [7, 11) is 0. The number of benzene rings is 1. The number of aromatic nitrogens is 2. The van der Waals surface area contributed by atoms with Crippen LogP contribution in [0.1, 0.15) is 18.5 Å². The number of nitrogens with zero attached hydrogens (tertiary/aromatic N) is 2. The van der Waals surface area contributed by atoms with Gasteiger partial charge in [0.15, 0.2) is 0 Å². The molecule has 0 aliphatic heterocycles. The van der Waals surface area contributed by atoms with Gasteiger partial charge in [-0.15, -0.1) is 0 Å². The minimum atomic E-state index is -0.252. The average Bonchev–Trinajstić information content (AvgIpc) is 2.77. The molecule has 0 radical (unpaired) electrons. The van der Waals surface area contributed by atoms with Crippen molar-refractivity contribution in [3.05, 3.63) is 48.3 Å². The number of rotatable bonds is 3. The van der Waals surface area contributed by atoms with Gasteiger partial charge in [-0.1, -0.05) is 13.0 Å². The van der Waals surface area contributed by atoms with Gasteiger partial charge in [0.05, 0.1) is 6.33 Å². The fraction of sp³-hybridized carbons (Fsp3) is 0.250. The number of imidazole rings is 1. The van der Waals surface area contributed by atoms with Crippen molar-refractivity contribution in [2.24, 2.45) is 5.73 Å². The Kier molecular flexibility index (Phi) is 3.01. The quantitative estimate of drug-likeness (QED) is 0.858. The molecule has 4 heteroatoms. The summed E-state index contributed by atoms with van der Waals surface area (Å²) in [6.07, 6.45) is 3.44. The average molecular weight is 219 g/mol. The molecule has 0 bridgehead atoms. The van der Waals surface area contributed by atoms with Gasteiger partial charge in [0.2, 0.25) is 0 Å². The second kappa shape index (κ2) is 4.45. The molecule has 1 heterocycles. The Hall–Kier alpha value is -1.68. The monoisotopic (exact) mass is 219 g/mol. The highest BCUT2D eigenvalue weighted by atomic mass is 19.1. The predicted octanol–water partition coefficient (Wildman–Crippen LogP) is 2.07. The molecule has 0 saturated heterocycles. The van der Waals surface area contributed by atoms with Gasteiger partial charge in [-0.3, -0.25) is 0 Å². The van der Waals surface area contributed by atoms with Crippen molar-refractivity contribution in [2.75, 3.05) is 6.54 Å². The van der Waals surface area contributed by atoms with E-state index in [1.54, 1.807) is 18.6 Å². The highest BCUT2D eigenvalue weighted by Gasteiger charge is 2.10. The van der Waals surface area contributed by atoms with E-state index >= 15 is 0 Å². The first kappa shape index (κ1) is 10.8. The van der Waals surface area contributed by atoms with E-state index in [-0.39, 0.29) is 11.7 Å². The lowest BCUT2D eigenvalue weighted by Crippen LogP contribution is -2.12. The fourth-order valence-corrected chi connectivity index (χ4v) is 1.63. The molecule has 0 amide bonds. The van der Waals surface area contributed by atoms with E-state index in [4.69, 9.17) is 5.73 Å². The summed E-state index contributed by atoms with van der Waals surface area (Å²) in [4.78, 5) is 4.08. The zero-order valence-corrected chi connectivity index (χ0v) is 9.10. The minimum absolute atomic E-state index is 0.200. The first-order valence-electron chi connectivity index (χ1n) is 5.20. The second-order valence-corrected chi connectivity index (χ2v) is 3.81. The van der Waals surface area contributed by atoms with Crippen molar-refractivity contribution in [2.45, 2.75) is 12.8 Å². The summed E-state index contributed by atoms with van der Waals surface area (Å²) >= 11 is 0. The van der Waals surface area contributed by atoms with Gasteiger partial charge in [-0.05, 0) is 18.2 Å². The van der Waals surface area contributed by atoms with Crippen LogP contribution >= 0.6 is 0 Å². The SMILES string of the molecule is CC(CN)c1cncn1-c1cccc(F)c1. The van der Waals surface area contributed by atoms with Crippen molar-refractivity contribution in [1.82, 2.24) is 9.55 Å². The van der Waals surface area contributed by atoms with Gasteiger partial charge >= 0.3 is 0 Å². The Bertz CT molecular complexity index is 479. The highest BCUT2D eigenvalue weighted by Crippen LogP contribution is 2.18. The van der Waals surface area contributed by atoms with Gasteiger partial charge in [-0.2, -0.15) is 0 Å². The minimum Gasteiger partial charge on any atom is -0.330 e. The summed E-state index contributed by atoms with van der Waals surface area (Å²) in [6.45, 7) is 2.56. The Morgan fingerprint density at radius 3 is 3.00 bits per heavy atom. The van der Waals surface area contributed by atoms with Gasteiger partial charge in [0.1, 0.15) is 5.82 Å². The highest BCUT2D eigenvalue weighted by molar-refractivity contribution is 5.34. The lowest BCUT2D eigenvalue weighted by atomic mass is 10.1. The number of halogens is 1. The largest absolute Gasteiger partial charge is 0.330 e. The molecule has 0 aliphatic rings. The maximum Gasteiger partial charge on any atom is 0.125 e. The van der Waals surface area contributed by atoms with Crippen molar-refractivity contribution in [3.8, 4) is 5.69 Å². The van der Waals surface area contributed by atoms with Crippen LogP contribution in [0.4, 0.5) is 4.39 Å². The molecule has 84 valence electrons. The standard InChI is InChI=1S/C12H14FN3/c1-9(6-14)12-7-15-8-16(12)11-4-2-3-10(13)5-11/h2-5,7-9H,6,14H2,1H3. The summed E-state index contributed by atoms with van der Waals surface area (Å²) in [5.74, 6) is -0.0525. The Morgan fingerprint density at radius 1 is 1.50 bits per heavy atom. The van der Waals surface area contributed by atoms with E-state index in [2.05, 4.69) is 4.98 Å². The van der Waals surface area contributed by atoms with Crippen molar-refractivity contribution >= 4 is 0 Å². The van der Waals surface area contributed by atoms with Crippen LogP contribution in [0.15, 0.2) is 36.8 Å².